The third-order valence-corrected chi connectivity index (χ3v) is 2.76. The molecule has 0 saturated heterocycles. The second-order valence-corrected chi connectivity index (χ2v) is 4.65. The van der Waals surface area contributed by atoms with E-state index in [1.807, 2.05) is 24.3 Å². The summed E-state index contributed by atoms with van der Waals surface area (Å²) in [6.45, 7) is 3.85. The van der Waals surface area contributed by atoms with E-state index in [1.165, 1.54) is 6.92 Å². The van der Waals surface area contributed by atoms with Crippen molar-refractivity contribution in [2.75, 3.05) is 32.1 Å². The van der Waals surface area contributed by atoms with Crippen LogP contribution in [0, 0.1) is 0 Å². The van der Waals surface area contributed by atoms with Crippen LogP contribution in [-0.2, 0) is 20.9 Å². The van der Waals surface area contributed by atoms with Crippen molar-refractivity contribution in [2.45, 2.75) is 19.9 Å². The van der Waals surface area contributed by atoms with Gasteiger partial charge in [0.05, 0.1) is 6.61 Å². The smallest absolute Gasteiger partial charge is 0.221 e. The molecule has 1 rings (SSSR count). The maximum absolute atomic E-state index is 11.4. The Kier molecular flexibility index (Phi) is 8.08. The van der Waals surface area contributed by atoms with Gasteiger partial charge in [-0.05, 0) is 17.7 Å². The van der Waals surface area contributed by atoms with Crippen LogP contribution >= 0.6 is 0 Å². The molecule has 0 radical (unpaired) electrons. The van der Waals surface area contributed by atoms with Gasteiger partial charge in [-0.15, -0.1) is 0 Å². The highest BCUT2D eigenvalue weighted by Crippen LogP contribution is 2.09. The van der Waals surface area contributed by atoms with E-state index in [0.717, 1.165) is 11.3 Å². The fourth-order valence-electron chi connectivity index (χ4n) is 1.72. The Morgan fingerprint density at radius 2 is 1.86 bits per heavy atom. The van der Waals surface area contributed by atoms with Gasteiger partial charge in [0.15, 0.2) is 0 Å². The zero-order chi connectivity index (χ0) is 15.5. The Balaban J connectivity index is 2.17. The first kappa shape index (κ1) is 17.1. The summed E-state index contributed by atoms with van der Waals surface area (Å²) in [4.78, 5) is 22.3. The van der Waals surface area contributed by atoms with Gasteiger partial charge in [0, 0.05) is 45.8 Å². The molecule has 0 unspecified atom stereocenters. The van der Waals surface area contributed by atoms with Crippen LogP contribution in [0.2, 0.25) is 0 Å². The molecule has 3 N–H and O–H groups in total. The highest BCUT2D eigenvalue weighted by atomic mass is 16.5. The summed E-state index contributed by atoms with van der Waals surface area (Å²) in [6, 6.07) is 7.60. The summed E-state index contributed by atoms with van der Waals surface area (Å²) in [5.41, 5.74) is 1.88. The summed E-state index contributed by atoms with van der Waals surface area (Å²) in [5.74, 6) is -0.0686. The third-order valence-electron chi connectivity index (χ3n) is 2.76. The molecule has 1 aromatic carbocycles. The van der Waals surface area contributed by atoms with Crippen molar-refractivity contribution in [3.05, 3.63) is 29.8 Å². The number of carbonyl (C=O) groups excluding carboxylic acids is 2. The lowest BCUT2D eigenvalue weighted by Crippen LogP contribution is -2.29. The Bertz CT molecular complexity index is 446. The second-order valence-electron chi connectivity index (χ2n) is 4.65. The van der Waals surface area contributed by atoms with Crippen molar-refractivity contribution in [3.63, 3.8) is 0 Å². The lowest BCUT2D eigenvalue weighted by Gasteiger charge is -2.07. The molecule has 0 saturated carbocycles. The number of methoxy groups -OCH3 is 1. The van der Waals surface area contributed by atoms with E-state index in [0.29, 0.717) is 32.7 Å². The summed E-state index contributed by atoms with van der Waals surface area (Å²) in [6.07, 6.45) is 0.438. The van der Waals surface area contributed by atoms with Gasteiger partial charge >= 0.3 is 0 Å². The minimum absolute atomic E-state index is 0.0144. The highest BCUT2D eigenvalue weighted by molar-refractivity contribution is 5.88. The van der Waals surface area contributed by atoms with Crippen LogP contribution < -0.4 is 16.0 Å². The van der Waals surface area contributed by atoms with E-state index in [-0.39, 0.29) is 11.8 Å². The van der Waals surface area contributed by atoms with E-state index >= 15 is 0 Å². The van der Waals surface area contributed by atoms with Crippen LogP contribution in [0.4, 0.5) is 5.69 Å². The zero-order valence-electron chi connectivity index (χ0n) is 12.6. The van der Waals surface area contributed by atoms with Crippen molar-refractivity contribution in [3.8, 4) is 0 Å². The fraction of sp³-hybridized carbons (Fsp3) is 0.467. The van der Waals surface area contributed by atoms with Crippen molar-refractivity contribution in [2.24, 2.45) is 0 Å². The SMILES string of the molecule is COCCNC(=O)CCNCc1ccc(NC(C)=O)cc1. The predicted octanol–water partition coefficient (Wildman–Crippen LogP) is 0.887. The molecule has 0 aliphatic carbocycles. The van der Waals surface area contributed by atoms with Gasteiger partial charge in [-0.3, -0.25) is 9.59 Å². The molecule has 6 nitrogen and oxygen atoms in total. The number of hydrogen-bond acceptors (Lipinski definition) is 4. The summed E-state index contributed by atoms with van der Waals surface area (Å²) in [5, 5.41) is 8.68. The first-order valence-corrected chi connectivity index (χ1v) is 6.94. The molecule has 0 aliphatic rings. The number of nitrogens with one attached hydrogen (secondary N) is 3. The lowest BCUT2D eigenvalue weighted by molar-refractivity contribution is -0.121. The van der Waals surface area contributed by atoms with Gasteiger partial charge in [-0.2, -0.15) is 0 Å². The van der Waals surface area contributed by atoms with E-state index in [4.69, 9.17) is 4.74 Å². The summed E-state index contributed by atoms with van der Waals surface area (Å²) in [7, 11) is 1.60. The molecule has 6 heteroatoms. The Hall–Kier alpha value is -1.92. The normalized spacial score (nSPS) is 10.2. The minimum atomic E-state index is -0.0830. The fourth-order valence-corrected chi connectivity index (χ4v) is 1.72. The van der Waals surface area contributed by atoms with Crippen LogP contribution in [-0.4, -0.2) is 38.6 Å². The van der Waals surface area contributed by atoms with Crippen LogP contribution in [0.15, 0.2) is 24.3 Å². The van der Waals surface area contributed by atoms with Gasteiger partial charge in [0.25, 0.3) is 0 Å². The first-order valence-electron chi connectivity index (χ1n) is 6.94. The van der Waals surface area contributed by atoms with Gasteiger partial charge in [-0.25, -0.2) is 0 Å². The minimum Gasteiger partial charge on any atom is -0.383 e. The number of anilines is 1. The number of amides is 2. The number of benzene rings is 1. The molecule has 0 aliphatic heterocycles. The van der Waals surface area contributed by atoms with Gasteiger partial charge in [0.1, 0.15) is 0 Å². The average Bonchev–Trinajstić information content (AvgIpc) is 2.45. The molecule has 2 amide bonds. The van der Waals surface area contributed by atoms with Crippen LogP contribution in [0.5, 0.6) is 0 Å². The number of ether oxygens (including phenoxy) is 1. The molecular weight excluding hydrogens is 270 g/mol. The molecule has 0 bridgehead atoms. The van der Waals surface area contributed by atoms with Crippen molar-refractivity contribution in [1.82, 2.24) is 10.6 Å². The molecule has 0 atom stereocenters. The van der Waals surface area contributed by atoms with Crippen LogP contribution in [0.25, 0.3) is 0 Å². The Morgan fingerprint density at radius 3 is 2.48 bits per heavy atom. The predicted molar refractivity (Wildman–Crippen MR) is 82.0 cm³/mol. The number of rotatable bonds is 9. The van der Waals surface area contributed by atoms with Crippen molar-refractivity contribution >= 4 is 17.5 Å². The second kappa shape index (κ2) is 9.90. The number of hydrogen-bond donors (Lipinski definition) is 3. The lowest BCUT2D eigenvalue weighted by atomic mass is 10.2. The van der Waals surface area contributed by atoms with E-state index < -0.39 is 0 Å². The standard InChI is InChI=1S/C15H23N3O3/c1-12(19)18-14-5-3-13(4-6-14)11-16-8-7-15(20)17-9-10-21-2/h3-6,16H,7-11H2,1-2H3,(H,17,20)(H,18,19). The molecular formula is C15H23N3O3. The molecule has 116 valence electrons. The van der Waals surface area contributed by atoms with Gasteiger partial charge in [-0.1, -0.05) is 12.1 Å². The van der Waals surface area contributed by atoms with Gasteiger partial charge < -0.3 is 20.7 Å². The summed E-state index contributed by atoms with van der Waals surface area (Å²) < 4.78 is 4.85. The Labute approximate surface area is 125 Å². The van der Waals surface area contributed by atoms with Crippen molar-refractivity contribution in [1.29, 1.82) is 0 Å². The molecule has 21 heavy (non-hydrogen) atoms. The maximum atomic E-state index is 11.4. The first-order chi connectivity index (χ1) is 10.1. The van der Waals surface area contributed by atoms with E-state index in [1.54, 1.807) is 7.11 Å². The monoisotopic (exact) mass is 293 g/mol. The molecule has 0 fully saturated rings. The highest BCUT2D eigenvalue weighted by Gasteiger charge is 2.00. The molecule has 0 spiro atoms. The maximum Gasteiger partial charge on any atom is 0.221 e. The van der Waals surface area contributed by atoms with Gasteiger partial charge in [0.2, 0.25) is 11.8 Å². The average molecular weight is 293 g/mol. The Morgan fingerprint density at radius 1 is 1.14 bits per heavy atom. The quantitative estimate of drug-likeness (QED) is 0.591. The molecule has 0 aromatic heterocycles. The number of carbonyl (C=O) groups is 2. The molecule has 0 heterocycles. The largest absolute Gasteiger partial charge is 0.383 e. The van der Waals surface area contributed by atoms with E-state index in [9.17, 15) is 9.59 Å². The van der Waals surface area contributed by atoms with Crippen LogP contribution in [0.1, 0.15) is 18.9 Å². The third kappa shape index (κ3) is 8.06. The van der Waals surface area contributed by atoms with Crippen LogP contribution in [0.3, 0.4) is 0 Å². The topological polar surface area (TPSA) is 79.5 Å². The zero-order valence-corrected chi connectivity index (χ0v) is 12.6. The van der Waals surface area contributed by atoms with E-state index in [2.05, 4.69) is 16.0 Å². The molecule has 1 aromatic rings. The van der Waals surface area contributed by atoms with Crippen molar-refractivity contribution < 1.29 is 14.3 Å². The summed E-state index contributed by atoms with van der Waals surface area (Å²) >= 11 is 0.